The summed E-state index contributed by atoms with van der Waals surface area (Å²) in [5.41, 5.74) is 0. The number of carbonyl (C=O) groups excluding carboxylic acids is 2. The van der Waals surface area contributed by atoms with Crippen molar-refractivity contribution in [1.82, 2.24) is 20.1 Å². The Hall–Kier alpha value is -2.64. The molecule has 0 radical (unpaired) electrons. The normalized spacial score (nSPS) is 17.2. The SMILES string of the molecule is COC(=O)C1CCc2nnc(CNC(=O)c3ccco3)n2CC1. The lowest BCUT2D eigenvalue weighted by atomic mass is 10.0. The van der Waals surface area contributed by atoms with Gasteiger partial charge in [-0.25, -0.2) is 0 Å². The van der Waals surface area contributed by atoms with Gasteiger partial charge in [0.05, 0.1) is 25.8 Å². The lowest BCUT2D eigenvalue weighted by Crippen LogP contribution is -2.24. The zero-order valence-electron chi connectivity index (χ0n) is 12.8. The molecule has 3 heterocycles. The number of furan rings is 1. The smallest absolute Gasteiger partial charge is 0.308 e. The maximum Gasteiger partial charge on any atom is 0.308 e. The summed E-state index contributed by atoms with van der Waals surface area (Å²) < 4.78 is 11.8. The van der Waals surface area contributed by atoms with E-state index in [0.29, 0.717) is 31.6 Å². The Morgan fingerprint density at radius 1 is 1.43 bits per heavy atom. The first-order chi connectivity index (χ1) is 11.2. The van der Waals surface area contributed by atoms with Gasteiger partial charge in [-0.2, -0.15) is 0 Å². The van der Waals surface area contributed by atoms with Crippen molar-refractivity contribution in [3.05, 3.63) is 35.8 Å². The number of amides is 1. The number of ether oxygens (including phenoxy) is 1. The number of rotatable bonds is 4. The Morgan fingerprint density at radius 2 is 2.30 bits per heavy atom. The van der Waals surface area contributed by atoms with Gasteiger partial charge in [0.1, 0.15) is 5.82 Å². The quantitative estimate of drug-likeness (QED) is 0.842. The van der Waals surface area contributed by atoms with Crippen LogP contribution in [-0.4, -0.2) is 33.8 Å². The summed E-state index contributed by atoms with van der Waals surface area (Å²) in [6, 6.07) is 3.26. The lowest BCUT2D eigenvalue weighted by Gasteiger charge is -2.11. The van der Waals surface area contributed by atoms with E-state index in [1.807, 2.05) is 4.57 Å². The predicted molar refractivity (Wildman–Crippen MR) is 78.3 cm³/mol. The molecule has 0 spiro atoms. The lowest BCUT2D eigenvalue weighted by molar-refractivity contribution is -0.145. The zero-order valence-corrected chi connectivity index (χ0v) is 12.8. The molecule has 2 aromatic heterocycles. The molecule has 0 aliphatic carbocycles. The van der Waals surface area contributed by atoms with Crippen LogP contribution in [0.25, 0.3) is 0 Å². The van der Waals surface area contributed by atoms with Crippen molar-refractivity contribution in [3.8, 4) is 0 Å². The summed E-state index contributed by atoms with van der Waals surface area (Å²) in [5, 5.41) is 11.1. The van der Waals surface area contributed by atoms with Crippen molar-refractivity contribution in [2.45, 2.75) is 32.4 Å². The van der Waals surface area contributed by atoms with Gasteiger partial charge in [0.25, 0.3) is 5.91 Å². The second-order valence-corrected chi connectivity index (χ2v) is 5.39. The first-order valence-corrected chi connectivity index (χ1v) is 7.49. The van der Waals surface area contributed by atoms with Crippen LogP contribution >= 0.6 is 0 Å². The number of nitrogens with one attached hydrogen (secondary N) is 1. The van der Waals surface area contributed by atoms with Crippen molar-refractivity contribution in [2.75, 3.05) is 7.11 Å². The van der Waals surface area contributed by atoms with Crippen molar-refractivity contribution in [1.29, 1.82) is 0 Å². The Labute approximate surface area is 132 Å². The average molecular weight is 318 g/mol. The van der Waals surface area contributed by atoms with Gasteiger partial charge >= 0.3 is 5.97 Å². The van der Waals surface area contributed by atoms with Gasteiger partial charge in [-0.05, 0) is 25.0 Å². The Morgan fingerprint density at radius 3 is 3.04 bits per heavy atom. The molecule has 8 heteroatoms. The number of hydrogen-bond donors (Lipinski definition) is 1. The fourth-order valence-electron chi connectivity index (χ4n) is 2.74. The molecule has 1 amide bonds. The fourth-order valence-corrected chi connectivity index (χ4v) is 2.74. The highest BCUT2D eigenvalue weighted by atomic mass is 16.5. The molecule has 23 heavy (non-hydrogen) atoms. The van der Waals surface area contributed by atoms with E-state index in [9.17, 15) is 9.59 Å². The largest absolute Gasteiger partial charge is 0.469 e. The molecule has 2 aromatic rings. The van der Waals surface area contributed by atoms with Gasteiger partial charge < -0.3 is 19.0 Å². The van der Waals surface area contributed by atoms with Gasteiger partial charge in [0.15, 0.2) is 11.6 Å². The molecule has 0 saturated heterocycles. The summed E-state index contributed by atoms with van der Waals surface area (Å²) >= 11 is 0. The highest BCUT2D eigenvalue weighted by Gasteiger charge is 2.25. The van der Waals surface area contributed by atoms with E-state index in [2.05, 4.69) is 15.5 Å². The molecule has 0 fully saturated rings. The van der Waals surface area contributed by atoms with Crippen molar-refractivity contribution < 1.29 is 18.7 Å². The second kappa shape index (κ2) is 6.64. The van der Waals surface area contributed by atoms with Crippen molar-refractivity contribution in [3.63, 3.8) is 0 Å². The topological polar surface area (TPSA) is 99.2 Å². The zero-order chi connectivity index (χ0) is 16.2. The average Bonchev–Trinajstić information content (AvgIpc) is 3.18. The summed E-state index contributed by atoms with van der Waals surface area (Å²) in [6.07, 6.45) is 3.49. The van der Waals surface area contributed by atoms with E-state index >= 15 is 0 Å². The predicted octanol–water partition coefficient (Wildman–Crippen LogP) is 0.927. The number of aryl methyl sites for hydroxylation is 1. The van der Waals surface area contributed by atoms with Gasteiger partial charge in [0, 0.05) is 13.0 Å². The van der Waals surface area contributed by atoms with Crippen molar-refractivity contribution in [2.24, 2.45) is 5.92 Å². The van der Waals surface area contributed by atoms with Crippen LogP contribution in [0.1, 0.15) is 35.0 Å². The standard InChI is InChI=1S/C15H18N4O4/c1-22-15(21)10-4-5-12-17-18-13(19(12)7-6-10)9-16-14(20)11-3-2-8-23-11/h2-3,8,10H,4-7,9H2,1H3,(H,16,20). The molecule has 1 aliphatic heterocycles. The maximum absolute atomic E-state index is 11.9. The third kappa shape index (κ3) is 3.25. The Balaban J connectivity index is 1.64. The number of fused-ring (bicyclic) bond motifs is 1. The van der Waals surface area contributed by atoms with Crippen LogP contribution in [0.5, 0.6) is 0 Å². The molecule has 0 bridgehead atoms. The van der Waals surface area contributed by atoms with Gasteiger partial charge in [-0.3, -0.25) is 9.59 Å². The first kappa shape index (κ1) is 15.3. The number of aromatic nitrogens is 3. The summed E-state index contributed by atoms with van der Waals surface area (Å²) in [6.45, 7) is 0.892. The van der Waals surface area contributed by atoms with Crippen LogP contribution in [-0.2, 0) is 29.0 Å². The molecule has 8 nitrogen and oxygen atoms in total. The molecule has 0 saturated carbocycles. The van der Waals surface area contributed by atoms with E-state index in [4.69, 9.17) is 9.15 Å². The Kier molecular flexibility index (Phi) is 4.40. The van der Waals surface area contributed by atoms with Crippen molar-refractivity contribution >= 4 is 11.9 Å². The van der Waals surface area contributed by atoms with E-state index in [-0.39, 0.29) is 30.1 Å². The fraction of sp³-hybridized carbons (Fsp3) is 0.467. The molecule has 3 rings (SSSR count). The van der Waals surface area contributed by atoms with Crippen LogP contribution in [0, 0.1) is 5.92 Å². The summed E-state index contributed by atoms with van der Waals surface area (Å²) in [5.74, 6) is 1.16. The maximum atomic E-state index is 11.9. The molecule has 0 aromatic carbocycles. The van der Waals surface area contributed by atoms with Crippen LogP contribution in [0.15, 0.2) is 22.8 Å². The summed E-state index contributed by atoms with van der Waals surface area (Å²) in [4.78, 5) is 23.6. The molecular formula is C15H18N4O4. The Bertz CT molecular complexity index is 692. The van der Waals surface area contributed by atoms with Crippen LogP contribution in [0.2, 0.25) is 0 Å². The monoisotopic (exact) mass is 318 g/mol. The van der Waals surface area contributed by atoms with Crippen LogP contribution in [0.3, 0.4) is 0 Å². The minimum Gasteiger partial charge on any atom is -0.469 e. The van der Waals surface area contributed by atoms with Gasteiger partial charge in [-0.15, -0.1) is 10.2 Å². The highest BCUT2D eigenvalue weighted by Crippen LogP contribution is 2.21. The minimum atomic E-state index is -0.298. The molecule has 122 valence electrons. The van der Waals surface area contributed by atoms with E-state index < -0.39 is 0 Å². The highest BCUT2D eigenvalue weighted by molar-refractivity contribution is 5.91. The second-order valence-electron chi connectivity index (χ2n) is 5.39. The molecular weight excluding hydrogens is 300 g/mol. The minimum absolute atomic E-state index is 0.118. The van der Waals surface area contributed by atoms with E-state index in [1.165, 1.54) is 13.4 Å². The van der Waals surface area contributed by atoms with Crippen LogP contribution < -0.4 is 5.32 Å². The molecule has 1 atom stereocenters. The number of esters is 1. The first-order valence-electron chi connectivity index (χ1n) is 7.49. The van der Waals surface area contributed by atoms with Gasteiger partial charge in [-0.1, -0.05) is 0 Å². The van der Waals surface area contributed by atoms with Gasteiger partial charge in [0.2, 0.25) is 0 Å². The molecule has 1 aliphatic rings. The molecule has 1 unspecified atom stereocenters. The molecule has 1 N–H and O–H groups in total. The van der Waals surface area contributed by atoms with E-state index in [1.54, 1.807) is 12.1 Å². The third-order valence-electron chi connectivity index (χ3n) is 4.01. The number of carbonyl (C=O) groups is 2. The number of hydrogen-bond acceptors (Lipinski definition) is 6. The third-order valence-corrected chi connectivity index (χ3v) is 4.01. The van der Waals surface area contributed by atoms with E-state index in [0.717, 1.165) is 5.82 Å². The summed E-state index contributed by atoms with van der Waals surface area (Å²) in [7, 11) is 1.41. The van der Waals surface area contributed by atoms with Crippen LogP contribution in [0.4, 0.5) is 0 Å². The number of nitrogens with zero attached hydrogens (tertiary/aromatic N) is 3. The number of methoxy groups -OCH3 is 1.